The van der Waals surface area contributed by atoms with Crippen molar-refractivity contribution >= 4 is 17.8 Å². The molecule has 2 aromatic rings. The van der Waals surface area contributed by atoms with Gasteiger partial charge < -0.3 is 15.0 Å². The molecule has 140 valence electrons. The first-order chi connectivity index (χ1) is 13.1. The second kappa shape index (κ2) is 7.26. The number of carbonyl (C=O) groups excluding carboxylic acids is 2. The van der Waals surface area contributed by atoms with Crippen LogP contribution in [0.4, 0.5) is 15.3 Å². The highest BCUT2D eigenvalue weighted by molar-refractivity contribution is 5.90. The van der Waals surface area contributed by atoms with E-state index in [-0.39, 0.29) is 12.1 Å². The van der Waals surface area contributed by atoms with E-state index in [2.05, 4.69) is 10.3 Å². The minimum absolute atomic E-state index is 0.0897. The topological polar surface area (TPSA) is 74.8 Å². The van der Waals surface area contributed by atoms with Gasteiger partial charge in [0.2, 0.25) is 0 Å². The Labute approximate surface area is 157 Å². The first-order valence-corrected chi connectivity index (χ1v) is 9.10. The Morgan fingerprint density at radius 3 is 2.96 bits per heavy atom. The number of hydrogen-bond donors (Lipinski definition) is 1. The monoisotopic (exact) mass is 366 g/mol. The van der Waals surface area contributed by atoms with E-state index in [0.717, 1.165) is 27.9 Å². The van der Waals surface area contributed by atoms with Crippen molar-refractivity contribution in [3.8, 4) is 0 Å². The van der Waals surface area contributed by atoms with Crippen LogP contribution in [0.3, 0.4) is 0 Å². The molecule has 3 heterocycles. The average molecular weight is 366 g/mol. The van der Waals surface area contributed by atoms with Crippen molar-refractivity contribution in [2.75, 3.05) is 24.6 Å². The number of hydrogen-bond acceptors (Lipinski definition) is 4. The number of nitrogens with zero attached hydrogens (tertiary/aromatic N) is 3. The molecule has 1 fully saturated rings. The molecule has 0 bridgehead atoms. The Morgan fingerprint density at radius 1 is 1.30 bits per heavy atom. The second-order valence-electron chi connectivity index (χ2n) is 6.88. The van der Waals surface area contributed by atoms with Crippen molar-refractivity contribution in [2.45, 2.75) is 26.4 Å². The SMILES string of the molecule is Cc1cncc(CNC(=O)N2CCc3c(cccc3N3CCOC3=O)C2)c1. The van der Waals surface area contributed by atoms with Gasteiger partial charge in [-0.1, -0.05) is 18.2 Å². The van der Waals surface area contributed by atoms with E-state index in [0.29, 0.717) is 39.2 Å². The first kappa shape index (κ1) is 17.3. The third-order valence-electron chi connectivity index (χ3n) is 4.96. The molecular weight excluding hydrogens is 344 g/mol. The highest BCUT2D eigenvalue weighted by atomic mass is 16.6. The first-order valence-electron chi connectivity index (χ1n) is 9.10. The molecule has 0 saturated carbocycles. The molecule has 1 N–H and O–H groups in total. The van der Waals surface area contributed by atoms with Crippen molar-refractivity contribution in [3.63, 3.8) is 0 Å². The lowest BCUT2D eigenvalue weighted by Crippen LogP contribution is -2.43. The molecule has 2 aliphatic rings. The molecule has 0 atom stereocenters. The predicted octanol–water partition coefficient (Wildman–Crippen LogP) is 2.61. The zero-order chi connectivity index (χ0) is 18.8. The lowest BCUT2D eigenvalue weighted by Gasteiger charge is -2.31. The Balaban J connectivity index is 1.44. The van der Waals surface area contributed by atoms with Crippen molar-refractivity contribution in [2.24, 2.45) is 0 Å². The molecule has 1 aromatic heterocycles. The van der Waals surface area contributed by atoms with Crippen LogP contribution in [-0.2, 0) is 24.2 Å². The molecule has 7 heteroatoms. The normalized spacial score (nSPS) is 16.1. The minimum Gasteiger partial charge on any atom is -0.447 e. The summed E-state index contributed by atoms with van der Waals surface area (Å²) in [7, 11) is 0. The van der Waals surface area contributed by atoms with E-state index in [1.807, 2.05) is 31.2 Å². The van der Waals surface area contributed by atoms with Crippen LogP contribution in [-0.4, -0.2) is 41.7 Å². The number of rotatable bonds is 3. The quantitative estimate of drug-likeness (QED) is 0.906. The number of aryl methyl sites for hydroxylation is 1. The third kappa shape index (κ3) is 3.58. The predicted molar refractivity (Wildman–Crippen MR) is 100 cm³/mol. The van der Waals surface area contributed by atoms with Crippen LogP contribution < -0.4 is 10.2 Å². The highest BCUT2D eigenvalue weighted by Crippen LogP contribution is 2.30. The number of urea groups is 1. The lowest BCUT2D eigenvalue weighted by molar-refractivity contribution is 0.180. The van der Waals surface area contributed by atoms with E-state index < -0.39 is 0 Å². The molecular formula is C20H22N4O3. The maximum atomic E-state index is 12.6. The molecule has 3 amide bonds. The number of amides is 3. The van der Waals surface area contributed by atoms with Crippen LogP contribution in [0.25, 0.3) is 0 Å². The van der Waals surface area contributed by atoms with Gasteiger partial charge in [-0.15, -0.1) is 0 Å². The second-order valence-corrected chi connectivity index (χ2v) is 6.88. The Hall–Kier alpha value is -3.09. The van der Waals surface area contributed by atoms with Crippen molar-refractivity contribution in [1.29, 1.82) is 0 Å². The van der Waals surface area contributed by atoms with Gasteiger partial charge in [-0.25, -0.2) is 9.59 Å². The summed E-state index contributed by atoms with van der Waals surface area (Å²) in [4.78, 5) is 32.1. The number of pyridine rings is 1. The van der Waals surface area contributed by atoms with Gasteiger partial charge >= 0.3 is 12.1 Å². The van der Waals surface area contributed by atoms with E-state index in [9.17, 15) is 9.59 Å². The molecule has 0 radical (unpaired) electrons. The van der Waals surface area contributed by atoms with Crippen LogP contribution in [0.15, 0.2) is 36.7 Å². The number of aromatic nitrogens is 1. The molecule has 2 aliphatic heterocycles. The molecule has 0 unspecified atom stereocenters. The van der Waals surface area contributed by atoms with E-state index >= 15 is 0 Å². The number of anilines is 1. The molecule has 0 aliphatic carbocycles. The van der Waals surface area contributed by atoms with Crippen molar-refractivity contribution in [3.05, 3.63) is 58.9 Å². The molecule has 27 heavy (non-hydrogen) atoms. The largest absolute Gasteiger partial charge is 0.447 e. The van der Waals surface area contributed by atoms with Gasteiger partial charge in [0.1, 0.15) is 6.61 Å². The van der Waals surface area contributed by atoms with E-state index in [1.54, 1.807) is 22.2 Å². The fraction of sp³-hybridized carbons (Fsp3) is 0.350. The summed E-state index contributed by atoms with van der Waals surface area (Å²) in [5.41, 5.74) is 5.16. The fourth-order valence-corrected chi connectivity index (χ4v) is 3.63. The molecule has 4 rings (SSSR count). The van der Waals surface area contributed by atoms with Crippen LogP contribution in [0, 0.1) is 6.92 Å². The summed E-state index contributed by atoms with van der Waals surface area (Å²) in [6.07, 6.45) is 3.98. The zero-order valence-corrected chi connectivity index (χ0v) is 15.3. The molecule has 0 spiro atoms. The number of carbonyl (C=O) groups is 2. The number of cyclic esters (lactones) is 1. The third-order valence-corrected chi connectivity index (χ3v) is 4.96. The summed E-state index contributed by atoms with van der Waals surface area (Å²) in [6.45, 7) is 4.58. The fourth-order valence-electron chi connectivity index (χ4n) is 3.63. The smallest absolute Gasteiger partial charge is 0.414 e. The number of fused-ring (bicyclic) bond motifs is 1. The zero-order valence-electron chi connectivity index (χ0n) is 15.3. The van der Waals surface area contributed by atoms with Gasteiger partial charge in [-0.05, 0) is 41.7 Å². The molecule has 1 aromatic carbocycles. The highest BCUT2D eigenvalue weighted by Gasteiger charge is 2.29. The van der Waals surface area contributed by atoms with Gasteiger partial charge in [0.25, 0.3) is 0 Å². The molecule has 1 saturated heterocycles. The summed E-state index contributed by atoms with van der Waals surface area (Å²) < 4.78 is 5.06. The Kier molecular flexibility index (Phi) is 4.66. The van der Waals surface area contributed by atoms with Gasteiger partial charge in [0, 0.05) is 32.0 Å². The van der Waals surface area contributed by atoms with Crippen molar-refractivity contribution in [1.82, 2.24) is 15.2 Å². The number of benzene rings is 1. The summed E-state index contributed by atoms with van der Waals surface area (Å²) in [6, 6.07) is 7.82. The van der Waals surface area contributed by atoms with E-state index in [1.165, 1.54) is 0 Å². The van der Waals surface area contributed by atoms with E-state index in [4.69, 9.17) is 4.74 Å². The van der Waals surface area contributed by atoms with Crippen LogP contribution in [0.2, 0.25) is 0 Å². The maximum absolute atomic E-state index is 12.6. The Morgan fingerprint density at radius 2 is 2.19 bits per heavy atom. The maximum Gasteiger partial charge on any atom is 0.414 e. The Bertz CT molecular complexity index is 883. The van der Waals surface area contributed by atoms with Crippen molar-refractivity contribution < 1.29 is 14.3 Å². The van der Waals surface area contributed by atoms with Gasteiger partial charge in [0.15, 0.2) is 0 Å². The minimum atomic E-state index is -0.296. The standard InChI is InChI=1S/C20H22N4O3/c1-14-9-15(11-21-10-14)12-22-19(25)23-6-5-17-16(13-23)3-2-4-18(17)24-7-8-27-20(24)26/h2-4,9-11H,5-8,12-13H2,1H3,(H,22,25). The van der Waals surface area contributed by atoms with Gasteiger partial charge in [0.05, 0.1) is 12.2 Å². The summed E-state index contributed by atoms with van der Waals surface area (Å²) in [5, 5.41) is 2.97. The summed E-state index contributed by atoms with van der Waals surface area (Å²) in [5.74, 6) is 0. The average Bonchev–Trinajstić information content (AvgIpc) is 3.11. The van der Waals surface area contributed by atoms with Crippen LogP contribution >= 0.6 is 0 Å². The van der Waals surface area contributed by atoms with Gasteiger partial charge in [-0.3, -0.25) is 9.88 Å². The van der Waals surface area contributed by atoms with Crippen LogP contribution in [0.5, 0.6) is 0 Å². The summed E-state index contributed by atoms with van der Waals surface area (Å²) >= 11 is 0. The number of nitrogens with one attached hydrogen (secondary N) is 1. The lowest BCUT2D eigenvalue weighted by atomic mass is 9.97. The van der Waals surface area contributed by atoms with Gasteiger partial charge in [-0.2, -0.15) is 0 Å². The molecule has 7 nitrogen and oxygen atoms in total. The van der Waals surface area contributed by atoms with Crippen LogP contribution in [0.1, 0.15) is 22.3 Å². The number of ether oxygens (including phenoxy) is 1.